The number of ketones is 1. The topological polar surface area (TPSA) is 70.4 Å². The minimum Gasteiger partial charge on any atom is -0.429 e. The smallest absolute Gasteiger partial charge is 0.409 e. The summed E-state index contributed by atoms with van der Waals surface area (Å²) in [7, 11) is 0. The van der Waals surface area contributed by atoms with Crippen molar-refractivity contribution in [1.29, 1.82) is 0 Å². The van der Waals surface area contributed by atoms with Crippen molar-refractivity contribution < 1.29 is 19.1 Å². The fraction of sp³-hybridized carbons (Fsp3) is 0.353. The van der Waals surface area contributed by atoms with Crippen LogP contribution in [0.3, 0.4) is 0 Å². The average molecular weight is 385 g/mol. The molecule has 1 heterocycles. The number of rotatable bonds is 7. The zero-order valence-corrected chi connectivity index (χ0v) is 15.5. The highest BCUT2D eigenvalue weighted by molar-refractivity contribution is 6.30. The van der Waals surface area contributed by atoms with Crippen molar-refractivity contribution in [3.05, 3.63) is 48.0 Å². The fourth-order valence-corrected chi connectivity index (χ4v) is 2.36. The van der Waals surface area contributed by atoms with Gasteiger partial charge in [0.25, 0.3) is 0 Å². The molecule has 0 aliphatic heterocycles. The molecule has 2 rings (SSSR count). The highest BCUT2D eigenvalue weighted by Crippen LogP contribution is 2.34. The Labute approximate surface area is 155 Å². The van der Waals surface area contributed by atoms with Gasteiger partial charge in [-0.3, -0.25) is 14.2 Å². The van der Waals surface area contributed by atoms with Gasteiger partial charge in [-0.15, -0.1) is 11.6 Å². The second kappa shape index (κ2) is 7.45. The molecule has 0 spiro atoms. The van der Waals surface area contributed by atoms with Crippen LogP contribution in [-0.4, -0.2) is 27.2 Å². The Morgan fingerprint density at radius 3 is 2.36 bits per heavy atom. The highest BCUT2D eigenvalue weighted by Gasteiger charge is 2.53. The van der Waals surface area contributed by atoms with E-state index >= 15 is 0 Å². The standard InChI is InChI=1S/C17H18Cl2N2O4/c1-12(22)24-17(21-9-8-20-11-21,15(23)16(2,3)10-18)25-14-6-4-13(19)5-7-14/h4-9,11H,10H2,1-3H3. The van der Waals surface area contributed by atoms with Gasteiger partial charge in [0, 0.05) is 35.6 Å². The highest BCUT2D eigenvalue weighted by atomic mass is 35.5. The Balaban J connectivity index is 2.60. The van der Waals surface area contributed by atoms with Gasteiger partial charge < -0.3 is 9.47 Å². The number of carbonyl (C=O) groups is 2. The molecule has 0 amide bonds. The van der Waals surface area contributed by atoms with Crippen LogP contribution in [0.15, 0.2) is 43.0 Å². The Hall–Kier alpha value is -2.05. The second-order valence-electron chi connectivity index (χ2n) is 6.05. The summed E-state index contributed by atoms with van der Waals surface area (Å²) in [6.45, 7) is 4.48. The van der Waals surface area contributed by atoms with Crippen molar-refractivity contribution in [2.75, 3.05) is 5.88 Å². The largest absolute Gasteiger partial charge is 0.429 e. The van der Waals surface area contributed by atoms with E-state index < -0.39 is 23.1 Å². The number of benzene rings is 1. The molecule has 0 aliphatic carbocycles. The lowest BCUT2D eigenvalue weighted by molar-refractivity contribution is -0.234. The molecule has 0 radical (unpaired) electrons. The molecule has 1 aromatic carbocycles. The monoisotopic (exact) mass is 384 g/mol. The summed E-state index contributed by atoms with van der Waals surface area (Å²) >= 11 is 11.8. The van der Waals surface area contributed by atoms with Crippen molar-refractivity contribution >= 4 is 35.0 Å². The molecule has 8 heteroatoms. The molecule has 0 saturated heterocycles. The molecule has 0 N–H and O–H groups in total. The van der Waals surface area contributed by atoms with Gasteiger partial charge in [-0.25, -0.2) is 4.98 Å². The van der Waals surface area contributed by atoms with E-state index in [1.54, 1.807) is 38.1 Å². The van der Waals surface area contributed by atoms with Gasteiger partial charge in [-0.2, -0.15) is 0 Å². The molecule has 0 aliphatic rings. The van der Waals surface area contributed by atoms with Crippen molar-refractivity contribution in [2.45, 2.75) is 26.7 Å². The lowest BCUT2D eigenvalue weighted by Gasteiger charge is -2.36. The van der Waals surface area contributed by atoms with Gasteiger partial charge in [0.1, 0.15) is 12.1 Å². The van der Waals surface area contributed by atoms with Crippen molar-refractivity contribution in [2.24, 2.45) is 5.41 Å². The molecule has 0 bridgehead atoms. The number of carbonyl (C=O) groups excluding carboxylic acids is 2. The van der Waals surface area contributed by atoms with Gasteiger partial charge in [0.05, 0.1) is 0 Å². The zero-order chi connectivity index (χ0) is 18.7. The van der Waals surface area contributed by atoms with E-state index in [1.807, 2.05) is 0 Å². The maximum absolute atomic E-state index is 13.3. The summed E-state index contributed by atoms with van der Waals surface area (Å²) in [6.07, 6.45) is 4.26. The maximum atomic E-state index is 13.3. The van der Waals surface area contributed by atoms with E-state index in [2.05, 4.69) is 4.98 Å². The Kier molecular flexibility index (Phi) is 5.75. The molecule has 6 nitrogen and oxygen atoms in total. The first-order chi connectivity index (χ1) is 11.7. The van der Waals surface area contributed by atoms with E-state index in [0.717, 1.165) is 0 Å². The van der Waals surface area contributed by atoms with E-state index in [0.29, 0.717) is 5.02 Å². The second-order valence-corrected chi connectivity index (χ2v) is 6.75. The van der Waals surface area contributed by atoms with Crippen LogP contribution >= 0.6 is 23.2 Å². The molecular weight excluding hydrogens is 367 g/mol. The van der Waals surface area contributed by atoms with Crippen LogP contribution in [-0.2, 0) is 20.2 Å². The minimum atomic E-state index is -2.07. The van der Waals surface area contributed by atoms with Crippen molar-refractivity contribution in [1.82, 2.24) is 9.55 Å². The van der Waals surface area contributed by atoms with E-state index in [-0.39, 0.29) is 11.6 Å². The van der Waals surface area contributed by atoms with Gasteiger partial charge >= 0.3 is 11.9 Å². The molecule has 2 aromatic rings. The van der Waals surface area contributed by atoms with E-state index in [9.17, 15) is 9.59 Å². The number of aromatic nitrogens is 2. The lowest BCUT2D eigenvalue weighted by Crippen LogP contribution is -2.55. The first-order valence-corrected chi connectivity index (χ1v) is 8.36. The van der Waals surface area contributed by atoms with Crippen LogP contribution in [0.25, 0.3) is 0 Å². The number of imidazole rings is 1. The SMILES string of the molecule is CC(=O)OC(Oc1ccc(Cl)cc1)(C(=O)C(C)(C)CCl)n1ccnc1. The summed E-state index contributed by atoms with van der Waals surface area (Å²) < 4.78 is 12.6. The normalized spacial score (nSPS) is 13.8. The first-order valence-electron chi connectivity index (χ1n) is 7.45. The maximum Gasteiger partial charge on any atom is 0.409 e. The van der Waals surface area contributed by atoms with E-state index in [4.69, 9.17) is 32.7 Å². The van der Waals surface area contributed by atoms with Crippen LogP contribution in [0.2, 0.25) is 5.02 Å². The number of hydrogen-bond acceptors (Lipinski definition) is 5. The number of alkyl halides is 1. The summed E-state index contributed by atoms with van der Waals surface area (Å²) in [5.41, 5.74) is -1.03. The van der Waals surface area contributed by atoms with Crippen LogP contribution in [0.4, 0.5) is 0 Å². The molecule has 0 saturated carbocycles. The molecule has 1 unspecified atom stereocenters. The molecule has 1 aromatic heterocycles. The number of halogens is 2. The van der Waals surface area contributed by atoms with Crippen molar-refractivity contribution in [3.8, 4) is 5.75 Å². The van der Waals surface area contributed by atoms with E-state index in [1.165, 1.54) is 30.2 Å². The quantitative estimate of drug-likeness (QED) is 0.414. The number of hydrogen-bond donors (Lipinski definition) is 0. The fourth-order valence-electron chi connectivity index (χ4n) is 2.11. The third kappa shape index (κ3) is 4.14. The predicted molar refractivity (Wildman–Crippen MR) is 93.6 cm³/mol. The number of Topliss-reactive ketones (excluding diaryl/α,β-unsaturated/α-hetero) is 1. The lowest BCUT2D eigenvalue weighted by atomic mass is 9.88. The Morgan fingerprint density at radius 2 is 1.88 bits per heavy atom. The van der Waals surface area contributed by atoms with Crippen molar-refractivity contribution in [3.63, 3.8) is 0 Å². The summed E-state index contributed by atoms with van der Waals surface area (Å²) in [5, 5.41) is 0.500. The number of nitrogens with zero attached hydrogens (tertiary/aromatic N) is 2. The number of esters is 1. The third-order valence-electron chi connectivity index (χ3n) is 3.43. The molecule has 0 fully saturated rings. The predicted octanol–water partition coefficient (Wildman–Crippen LogP) is 3.62. The van der Waals surface area contributed by atoms with Gasteiger partial charge in [-0.1, -0.05) is 25.4 Å². The first kappa shape index (κ1) is 19.3. The third-order valence-corrected chi connectivity index (χ3v) is 4.35. The Morgan fingerprint density at radius 1 is 1.24 bits per heavy atom. The van der Waals surface area contributed by atoms with Crippen LogP contribution < -0.4 is 4.74 Å². The molecule has 134 valence electrons. The molecule has 25 heavy (non-hydrogen) atoms. The Bertz CT molecular complexity index is 745. The average Bonchev–Trinajstić information content (AvgIpc) is 3.10. The zero-order valence-electron chi connectivity index (χ0n) is 14.0. The summed E-state index contributed by atoms with van der Waals surface area (Å²) in [5.74, 6) is -3.00. The van der Waals surface area contributed by atoms with Crippen LogP contribution in [0, 0.1) is 5.41 Å². The summed E-state index contributed by atoms with van der Waals surface area (Å²) in [4.78, 5) is 29.0. The summed E-state index contributed by atoms with van der Waals surface area (Å²) in [6, 6.07) is 6.33. The van der Waals surface area contributed by atoms with Crippen LogP contribution in [0.5, 0.6) is 5.75 Å². The molecule has 1 atom stereocenters. The number of ether oxygens (including phenoxy) is 2. The van der Waals surface area contributed by atoms with Gasteiger partial charge in [-0.05, 0) is 24.3 Å². The van der Waals surface area contributed by atoms with Gasteiger partial charge in [0.2, 0.25) is 5.78 Å². The van der Waals surface area contributed by atoms with Crippen LogP contribution in [0.1, 0.15) is 20.8 Å². The minimum absolute atomic E-state index is 0.00746. The van der Waals surface area contributed by atoms with Gasteiger partial charge in [0.15, 0.2) is 0 Å². The molecular formula is C17H18Cl2N2O4.